The van der Waals surface area contributed by atoms with Crippen LogP contribution in [0.5, 0.6) is 0 Å². The zero-order chi connectivity index (χ0) is 44.2. The molecule has 0 aliphatic carbocycles. The third-order valence-corrected chi connectivity index (χ3v) is 7.01. The lowest BCUT2D eigenvalue weighted by Gasteiger charge is -2.26. The van der Waals surface area contributed by atoms with Crippen molar-refractivity contribution in [2.75, 3.05) is 26.4 Å². The number of carboxylic acid groups (broad SMARTS) is 5. The number of rotatable bonds is 27. The van der Waals surface area contributed by atoms with Crippen LogP contribution in [0.2, 0.25) is 0 Å². The molecule has 0 aromatic rings. The molecule has 0 saturated heterocycles. The zero-order valence-corrected chi connectivity index (χ0v) is 29.3. The van der Waals surface area contributed by atoms with Crippen LogP contribution in [0.15, 0.2) is 0 Å². The van der Waals surface area contributed by atoms with E-state index in [9.17, 15) is 83.1 Å². The molecule has 29 heteroatoms. The van der Waals surface area contributed by atoms with Crippen molar-refractivity contribution in [3.05, 3.63) is 0 Å². The van der Waals surface area contributed by atoms with Crippen LogP contribution in [0.4, 0.5) is 0 Å². The molecule has 0 bridgehead atoms. The molecule has 0 aliphatic rings. The summed E-state index contributed by atoms with van der Waals surface area (Å²) in [5.74, 6) is -18.7. The Labute approximate surface area is 318 Å². The predicted molar refractivity (Wildman–Crippen MR) is 176 cm³/mol. The minimum Gasteiger partial charge on any atom is -0.481 e. The molecule has 0 radical (unpaired) electrons. The molecule has 0 spiro atoms. The molecular formula is C28H42N8O21. The van der Waals surface area contributed by atoms with Crippen molar-refractivity contribution in [3.8, 4) is 0 Å². The summed E-state index contributed by atoms with van der Waals surface area (Å²) >= 11 is 0. The molecule has 18 N–H and O–H groups in total. The first-order valence-electron chi connectivity index (χ1n) is 15.9. The number of nitrogens with two attached hydrogens (primary N) is 1. The number of hydrogen-bond donors (Lipinski definition) is 17. The van der Waals surface area contributed by atoms with Gasteiger partial charge in [0.15, 0.2) is 0 Å². The smallest absolute Gasteiger partial charge is 0.328 e. The second-order valence-electron chi connectivity index (χ2n) is 11.5. The highest BCUT2D eigenvalue weighted by atomic mass is 16.4. The lowest BCUT2D eigenvalue weighted by Crippen LogP contribution is -2.61. The van der Waals surface area contributed by atoms with Crippen LogP contribution in [0.1, 0.15) is 25.7 Å². The van der Waals surface area contributed by atoms with E-state index in [2.05, 4.69) is 0 Å². The Balaban J connectivity index is 6.01. The molecule has 0 aromatic carbocycles. The molecule has 0 fully saturated rings. The number of nitrogens with one attached hydrogen (secondary N) is 7. The normalized spacial score (nSPS) is 14.9. The van der Waals surface area contributed by atoms with Gasteiger partial charge in [-0.15, -0.1) is 0 Å². The first-order valence-corrected chi connectivity index (χ1v) is 15.9. The van der Waals surface area contributed by atoms with E-state index < -0.39 is 172 Å². The molecule has 320 valence electrons. The van der Waals surface area contributed by atoms with Gasteiger partial charge in [-0.05, 0) is 0 Å². The highest BCUT2D eigenvalue weighted by Crippen LogP contribution is 2.02. The number of aliphatic hydroxyl groups is 4. The van der Waals surface area contributed by atoms with Gasteiger partial charge >= 0.3 is 29.8 Å². The Hall–Kier alpha value is -6.56. The summed E-state index contributed by atoms with van der Waals surface area (Å²) < 4.78 is 0. The van der Waals surface area contributed by atoms with Gasteiger partial charge in [-0.3, -0.25) is 52.7 Å². The SMILES string of the molecule is N[C@@H](CC(=O)O)C(=O)N[C@@H](CO)C(=O)N[C@@H](CC(=O)O)C(=O)N[C@@H](CO)C(=O)N[C@@H](CC(=O)O)C(=O)N[C@@H](CO)C(=O)N[C@@H](CC(=O)O)C(=O)N[C@@H](CO)C(=O)O. The molecule has 0 aromatic heterocycles. The summed E-state index contributed by atoms with van der Waals surface area (Å²) in [5.41, 5.74) is 5.38. The maximum absolute atomic E-state index is 13.0. The Kier molecular flexibility index (Phi) is 21.9. The quantitative estimate of drug-likeness (QED) is 0.0365. The van der Waals surface area contributed by atoms with Gasteiger partial charge in [-0.2, -0.15) is 0 Å². The molecule has 0 rings (SSSR count). The Morgan fingerprint density at radius 1 is 0.333 bits per heavy atom. The first kappa shape index (κ1) is 50.4. The van der Waals surface area contributed by atoms with Crippen molar-refractivity contribution in [2.24, 2.45) is 5.73 Å². The zero-order valence-electron chi connectivity index (χ0n) is 29.3. The Morgan fingerprint density at radius 2 is 0.544 bits per heavy atom. The van der Waals surface area contributed by atoms with Crippen molar-refractivity contribution >= 4 is 71.2 Å². The van der Waals surface area contributed by atoms with Gasteiger partial charge in [-0.1, -0.05) is 0 Å². The standard InChI is InChI=1S/C28H42N8O21/c29-9(1-17(41)42)21(49)33-13(5-37)25(53)30-10(2-18(43)44)22(50)34-14(6-38)26(54)31-11(3-19(45)46)23(51)35-15(7-39)27(55)32-12(4-20(47)48)24(52)36-16(8-40)28(56)57/h9-16,37-40H,1-8,29H2,(H,30,53)(H,31,54)(H,32,55)(H,33,49)(H,34,50)(H,35,51)(H,36,52)(H,41,42)(H,43,44)(H,45,46)(H,47,48)(H,56,57)/t9-,10-,11-,12-,13-,14-,15-,16-/m0/s1. The van der Waals surface area contributed by atoms with Gasteiger partial charge in [0.1, 0.15) is 42.3 Å². The van der Waals surface area contributed by atoms with E-state index in [-0.39, 0.29) is 0 Å². The molecule has 29 nitrogen and oxygen atoms in total. The fourth-order valence-electron chi connectivity index (χ4n) is 4.11. The first-order chi connectivity index (χ1) is 26.5. The number of aliphatic hydroxyl groups excluding tert-OH is 4. The Bertz CT molecular complexity index is 1540. The number of carbonyl (C=O) groups excluding carboxylic acids is 7. The largest absolute Gasteiger partial charge is 0.481 e. The van der Waals surface area contributed by atoms with E-state index in [1.165, 1.54) is 0 Å². The van der Waals surface area contributed by atoms with Gasteiger partial charge in [0, 0.05) is 0 Å². The van der Waals surface area contributed by atoms with Crippen LogP contribution >= 0.6 is 0 Å². The number of amides is 7. The van der Waals surface area contributed by atoms with Crippen molar-refractivity contribution in [2.45, 2.75) is 74.0 Å². The van der Waals surface area contributed by atoms with Crippen LogP contribution in [0.3, 0.4) is 0 Å². The van der Waals surface area contributed by atoms with Crippen LogP contribution < -0.4 is 43.0 Å². The monoisotopic (exact) mass is 826 g/mol. The minimum absolute atomic E-state index is 0.896. The highest BCUT2D eigenvalue weighted by molar-refractivity contribution is 5.99. The summed E-state index contributed by atoms with van der Waals surface area (Å²) in [6.45, 7) is -4.98. The number of carboxylic acids is 5. The van der Waals surface area contributed by atoms with Gasteiger partial charge in [-0.25, -0.2) is 4.79 Å². The van der Waals surface area contributed by atoms with E-state index in [4.69, 9.17) is 26.2 Å². The number of aliphatic carboxylic acids is 5. The second-order valence-corrected chi connectivity index (χ2v) is 11.5. The molecule has 0 saturated carbocycles. The van der Waals surface area contributed by atoms with Gasteiger partial charge in [0.2, 0.25) is 41.4 Å². The Morgan fingerprint density at radius 3 is 0.772 bits per heavy atom. The maximum Gasteiger partial charge on any atom is 0.328 e. The van der Waals surface area contributed by atoms with E-state index in [0.717, 1.165) is 0 Å². The number of hydrogen-bond acceptors (Lipinski definition) is 17. The van der Waals surface area contributed by atoms with Gasteiger partial charge in [0.05, 0.1) is 58.2 Å². The molecule has 0 unspecified atom stereocenters. The summed E-state index contributed by atoms with van der Waals surface area (Å²) in [7, 11) is 0. The molecule has 57 heavy (non-hydrogen) atoms. The van der Waals surface area contributed by atoms with Crippen molar-refractivity contribution in [3.63, 3.8) is 0 Å². The van der Waals surface area contributed by atoms with Crippen molar-refractivity contribution < 1.29 is 103 Å². The summed E-state index contributed by atoms with van der Waals surface area (Å²) in [4.78, 5) is 145. The summed E-state index contributed by atoms with van der Waals surface area (Å²) in [6, 6.07) is -16.2. The topological polar surface area (TPSA) is 497 Å². The summed E-state index contributed by atoms with van der Waals surface area (Å²) in [6.07, 6.45) is -4.60. The van der Waals surface area contributed by atoms with Crippen LogP contribution in [-0.2, 0) is 57.5 Å². The molecule has 0 heterocycles. The fourth-order valence-corrected chi connectivity index (χ4v) is 4.11. The molecule has 8 atom stereocenters. The second kappa shape index (κ2) is 24.8. The fraction of sp³-hybridized carbons (Fsp3) is 0.571. The highest BCUT2D eigenvalue weighted by Gasteiger charge is 2.35. The van der Waals surface area contributed by atoms with Gasteiger partial charge < -0.3 is 88.9 Å². The van der Waals surface area contributed by atoms with E-state index in [1.807, 2.05) is 31.9 Å². The predicted octanol–water partition coefficient (Wildman–Crippen LogP) is -10.3. The molecule has 7 amide bonds. The molecular weight excluding hydrogens is 784 g/mol. The number of carbonyl (C=O) groups is 12. The van der Waals surface area contributed by atoms with E-state index >= 15 is 0 Å². The van der Waals surface area contributed by atoms with Crippen molar-refractivity contribution in [1.82, 2.24) is 37.2 Å². The molecule has 0 aliphatic heterocycles. The van der Waals surface area contributed by atoms with E-state index in [1.54, 1.807) is 5.32 Å². The maximum atomic E-state index is 13.0. The third-order valence-electron chi connectivity index (χ3n) is 7.01. The van der Waals surface area contributed by atoms with Crippen LogP contribution in [-0.4, -0.2) is 192 Å². The minimum atomic E-state index is -2.20. The van der Waals surface area contributed by atoms with Crippen molar-refractivity contribution in [1.29, 1.82) is 0 Å². The average molecular weight is 827 g/mol. The average Bonchev–Trinajstić information content (AvgIpc) is 3.11. The lowest BCUT2D eigenvalue weighted by molar-refractivity contribution is -0.144. The van der Waals surface area contributed by atoms with Crippen LogP contribution in [0.25, 0.3) is 0 Å². The third kappa shape index (κ3) is 18.6. The van der Waals surface area contributed by atoms with Gasteiger partial charge in [0.25, 0.3) is 0 Å². The van der Waals surface area contributed by atoms with E-state index in [0.29, 0.717) is 0 Å². The van der Waals surface area contributed by atoms with Crippen LogP contribution in [0, 0.1) is 0 Å². The summed E-state index contributed by atoms with van der Waals surface area (Å²) in [5, 5.41) is 96.2. The lowest BCUT2D eigenvalue weighted by atomic mass is 10.1.